The molecule has 0 spiro atoms. The van der Waals surface area contributed by atoms with Gasteiger partial charge in [0, 0.05) is 37.0 Å². The fourth-order valence-corrected chi connectivity index (χ4v) is 34.0. The van der Waals surface area contributed by atoms with Crippen LogP contribution in [0.2, 0.25) is 0 Å². The molecular formula is C126H218BF12NP2. The Balaban J connectivity index is 0.00000115. The number of nitrogens with zero attached hydrogens (tertiary/aromatic N) is 1. The van der Waals surface area contributed by atoms with E-state index in [-0.39, 0.29) is 48.5 Å². The Morgan fingerprint density at radius 1 is 0.141 bits per heavy atom. The highest BCUT2D eigenvalue weighted by Crippen LogP contribution is 2.57. The van der Waals surface area contributed by atoms with Crippen LogP contribution in [-0.4, -0.2) is 43.1 Å². The topological polar surface area (TPSA) is 14.1 Å². The summed E-state index contributed by atoms with van der Waals surface area (Å²) in [5, 5.41) is 0. The largest absolute Gasteiger partial charge is 0.216 e. The van der Waals surface area contributed by atoms with Gasteiger partial charge in [-0.1, -0.05) is 629 Å². The minimum atomic E-state index is -4.01. The number of hydrogen-bond acceptors (Lipinski definition) is 0. The molecule has 0 aliphatic heterocycles. The molecule has 0 saturated heterocycles. The summed E-state index contributed by atoms with van der Waals surface area (Å²) in [6.07, 6.45) is 138. The minimum Gasteiger partial charge on any atom is -0.204 e. The Labute approximate surface area is 868 Å². The van der Waals surface area contributed by atoms with Crippen LogP contribution >= 0.6 is 14.1 Å². The van der Waals surface area contributed by atoms with Gasteiger partial charge in [0.15, 0.2) is 69.8 Å². The van der Waals surface area contributed by atoms with Crippen molar-refractivity contribution in [1.29, 1.82) is 0 Å². The third-order valence-electron chi connectivity index (χ3n) is 31.5. The second-order valence-corrected chi connectivity index (χ2v) is 52.2. The summed E-state index contributed by atoms with van der Waals surface area (Å²) in [5.41, 5.74) is -3.79. The maximum atomic E-state index is 14.4. The van der Waals surface area contributed by atoms with Crippen LogP contribution in [0.1, 0.15) is 619 Å². The lowest BCUT2D eigenvalue weighted by Gasteiger charge is -2.44. The highest BCUT2D eigenvalue weighted by atomic mass is 31.2. The van der Waals surface area contributed by atoms with Crippen molar-refractivity contribution in [2.75, 3.05) is 37.0 Å². The summed E-state index contributed by atoms with van der Waals surface area (Å²) in [6, 6.07) is 1.41. The van der Waals surface area contributed by atoms with Crippen LogP contribution in [0.15, 0.2) is 48.5 Å². The molecule has 0 fully saturated rings. The maximum Gasteiger partial charge on any atom is 0.216 e. The lowest BCUT2D eigenvalue weighted by atomic mass is 9.13. The molecular weight excluding hydrogens is 1830 g/mol. The van der Waals surface area contributed by atoms with Crippen LogP contribution in [-0.2, 0) is 0 Å². The number of benzene rings is 4. The van der Waals surface area contributed by atoms with E-state index in [4.69, 9.17) is 4.17 Å². The van der Waals surface area contributed by atoms with Gasteiger partial charge in [-0.15, -0.1) is 0 Å². The van der Waals surface area contributed by atoms with E-state index in [9.17, 15) is 52.7 Å². The predicted molar refractivity (Wildman–Crippen MR) is 604 cm³/mol. The zero-order valence-electron chi connectivity index (χ0n) is 93.0. The molecule has 0 saturated carbocycles. The van der Waals surface area contributed by atoms with Gasteiger partial charge in [0.25, 0.3) is 0 Å². The lowest BCUT2D eigenvalue weighted by molar-refractivity contribution is 0.447. The molecule has 0 aliphatic carbocycles. The average molecular weight is 2050 g/mol. The first-order chi connectivity index (χ1) is 69.4. The predicted octanol–water partition coefficient (Wildman–Crippen LogP) is 44.4. The van der Waals surface area contributed by atoms with Gasteiger partial charge >= 0.3 is 0 Å². The second kappa shape index (κ2) is 91.5. The molecule has 4 aromatic carbocycles. The van der Waals surface area contributed by atoms with E-state index in [0.29, 0.717) is 0 Å². The summed E-state index contributed by atoms with van der Waals surface area (Å²) in [7, 11) is -2.94. The summed E-state index contributed by atoms with van der Waals surface area (Å²) in [6.45, 7) is 14.1. The van der Waals surface area contributed by atoms with Gasteiger partial charge < -0.3 is 0 Å². The van der Waals surface area contributed by atoms with Gasteiger partial charge in [-0.2, -0.15) is 26.0 Å². The molecule has 0 atom stereocenters. The highest BCUT2D eigenvalue weighted by molar-refractivity contribution is 7.73. The van der Waals surface area contributed by atoms with E-state index in [1.807, 2.05) is 0 Å². The third kappa shape index (κ3) is 63.7. The number of hydrogen-bond donors (Lipinski definition) is 0. The molecule has 4 rings (SSSR count). The van der Waals surface area contributed by atoms with E-state index in [1.54, 1.807) is 37.0 Å². The first-order valence-corrected chi connectivity index (χ1v) is 66.2. The van der Waals surface area contributed by atoms with Crippen molar-refractivity contribution in [3.8, 4) is 0 Å². The Bertz CT molecular complexity index is 3100. The van der Waals surface area contributed by atoms with E-state index >= 15 is 0 Å². The Kier molecular flexibility index (Phi) is 85.6. The quantitative estimate of drug-likeness (QED) is 0.0104. The van der Waals surface area contributed by atoms with Crippen molar-refractivity contribution in [2.45, 2.75) is 619 Å². The van der Waals surface area contributed by atoms with Crippen molar-refractivity contribution >= 4 is 42.1 Å². The third-order valence-corrected chi connectivity index (χ3v) is 41.4. The summed E-state index contributed by atoms with van der Waals surface area (Å²) >= 11 is 0. The SMILES string of the molecule is CCCCCCCCCCCCCCCCCP(CCCCCCCCCCCCCCCCC)(CCCCCCCCCCCCCCCCC)=[N+]=P(CCCCCCCCCCCCCCCCC)(CCCCCCCCCCCCCCCCC)CCCCCCCCCCCCCCCCC.Fc1cc([B-](c2cc(F)c(F)c(F)c2)(c2cc(F)c(F)c(F)c2)c2cc(F)c(F)c(F)c2)cc(F)c1F. The lowest BCUT2D eigenvalue weighted by Crippen LogP contribution is -2.75. The van der Waals surface area contributed by atoms with Crippen molar-refractivity contribution in [3.63, 3.8) is 0 Å². The fraction of sp³-hybridized carbons (Fsp3) is 0.810. The Hall–Kier alpha value is -3.33. The van der Waals surface area contributed by atoms with E-state index < -0.39 is 112 Å². The fourth-order valence-electron chi connectivity index (χ4n) is 22.5. The van der Waals surface area contributed by atoms with Gasteiger partial charge in [-0.3, -0.25) is 0 Å². The molecule has 824 valence electrons. The molecule has 1 nitrogen and oxygen atoms in total. The number of halogens is 12. The molecule has 142 heavy (non-hydrogen) atoms. The van der Waals surface area contributed by atoms with Gasteiger partial charge in [-0.05, 0) is 38.5 Å². The molecule has 0 bridgehead atoms. The van der Waals surface area contributed by atoms with Gasteiger partial charge in [-0.25, -0.2) is 52.7 Å². The standard InChI is InChI=1S/C102H210NP2.C24H8BF12/c1-7-13-19-25-31-37-43-49-55-61-67-73-79-85-91-97-104(98-92-86-80-74-68-62-56-50-44-38-32-26-20-14-8-2,99-93-87-81-75-69-63-57-51-45-39-33-27-21-15-9-3)103-105(100-94-88-82-76-70-64-58-52-46-40-34-28-22-16-10-4,101-95-89-83-77-71-65-59-53-47-41-35-29-23-17-11-5)102-96-90-84-78-72-66-60-54-48-42-36-30-24-18-12-6;26-13-1-9(2-14(27)21(13)34)25(10-3-15(28)22(35)16(29)4-10,11-5-17(30)23(36)18(31)6-11)12-7-19(32)24(37)20(33)8-12/h7-102H2,1-6H3;1-8H/q+1;-1. The molecule has 0 aromatic heterocycles. The van der Waals surface area contributed by atoms with Crippen molar-refractivity contribution in [3.05, 3.63) is 118 Å². The normalized spacial score (nSPS) is 12.0. The van der Waals surface area contributed by atoms with E-state index in [2.05, 4.69) is 41.5 Å². The second-order valence-electron chi connectivity index (χ2n) is 44.4. The van der Waals surface area contributed by atoms with Crippen LogP contribution in [0, 0.1) is 69.8 Å². The van der Waals surface area contributed by atoms with Gasteiger partial charge in [0.2, 0.25) is 14.1 Å². The molecule has 0 heterocycles. The first kappa shape index (κ1) is 133. The summed E-state index contributed by atoms with van der Waals surface area (Å²) in [5.74, 6) is -24.0. The molecule has 0 amide bonds. The van der Waals surface area contributed by atoms with Crippen LogP contribution in [0.3, 0.4) is 0 Å². The molecule has 0 unspecified atom stereocenters. The molecule has 4 aromatic rings. The van der Waals surface area contributed by atoms with Gasteiger partial charge in [0.05, 0.1) is 0 Å². The summed E-state index contributed by atoms with van der Waals surface area (Å²) in [4.78, 5) is 0. The molecule has 0 N–H and O–H groups in total. The van der Waals surface area contributed by atoms with Crippen LogP contribution in [0.25, 0.3) is 0 Å². The van der Waals surface area contributed by atoms with E-state index in [1.165, 1.54) is 578 Å². The maximum absolute atomic E-state index is 14.4. The van der Waals surface area contributed by atoms with Gasteiger partial charge in [0.1, 0.15) is 6.15 Å². The average Bonchev–Trinajstić information content (AvgIpc) is 0.715. The number of unbranched alkanes of at least 4 members (excludes halogenated alkanes) is 84. The minimum absolute atomic E-state index is 0.177. The van der Waals surface area contributed by atoms with Crippen LogP contribution in [0.4, 0.5) is 52.7 Å². The highest BCUT2D eigenvalue weighted by Gasteiger charge is 2.39. The van der Waals surface area contributed by atoms with Crippen LogP contribution < -0.4 is 26.0 Å². The van der Waals surface area contributed by atoms with Crippen LogP contribution in [0.5, 0.6) is 0 Å². The monoisotopic (exact) mass is 2050 g/mol. The zero-order chi connectivity index (χ0) is 103. The number of rotatable bonds is 100. The molecule has 16 heteroatoms. The smallest absolute Gasteiger partial charge is 0.204 e. The Morgan fingerprint density at radius 2 is 0.225 bits per heavy atom. The molecule has 0 radical (unpaired) electrons. The first-order valence-electron chi connectivity index (χ1n) is 61.6. The van der Waals surface area contributed by atoms with Crippen molar-refractivity contribution in [1.82, 2.24) is 4.17 Å². The molecule has 0 aliphatic rings. The van der Waals surface area contributed by atoms with E-state index in [0.717, 1.165) is 0 Å². The summed E-state index contributed by atoms with van der Waals surface area (Å²) < 4.78 is 177. The van der Waals surface area contributed by atoms with Crippen molar-refractivity contribution in [2.24, 2.45) is 0 Å². The van der Waals surface area contributed by atoms with Crippen molar-refractivity contribution < 1.29 is 52.7 Å². The Morgan fingerprint density at radius 3 is 0.317 bits per heavy atom. The zero-order valence-corrected chi connectivity index (χ0v) is 94.7.